The van der Waals surface area contributed by atoms with E-state index < -0.39 is 6.10 Å². The van der Waals surface area contributed by atoms with Gasteiger partial charge in [-0.15, -0.1) is 0 Å². The maximum absolute atomic E-state index is 10.3. The van der Waals surface area contributed by atoms with E-state index in [2.05, 4.69) is 25.0 Å². The fraction of sp³-hybridized carbons (Fsp3) is 0.353. The molecular weight excluding hydrogens is 264 g/mol. The molecule has 3 aromatic rings. The Morgan fingerprint density at radius 3 is 2.76 bits per heavy atom. The van der Waals surface area contributed by atoms with E-state index in [0.717, 1.165) is 16.7 Å². The van der Waals surface area contributed by atoms with Crippen LogP contribution in [0.2, 0.25) is 0 Å². The van der Waals surface area contributed by atoms with Gasteiger partial charge < -0.3 is 9.52 Å². The van der Waals surface area contributed by atoms with Gasteiger partial charge in [-0.3, -0.25) is 4.68 Å². The SMILES string of the molecule is Cc1ccc2oc(C(O)Cc3ccn(C(C)C)n3)cc2c1. The predicted octanol–water partition coefficient (Wildman–Crippen LogP) is 3.79. The molecule has 0 saturated carbocycles. The summed E-state index contributed by atoms with van der Waals surface area (Å²) in [7, 11) is 0. The fourth-order valence-corrected chi connectivity index (χ4v) is 2.42. The Hall–Kier alpha value is -2.07. The lowest BCUT2D eigenvalue weighted by Gasteiger charge is -2.06. The molecule has 0 spiro atoms. The summed E-state index contributed by atoms with van der Waals surface area (Å²) in [6.45, 7) is 6.20. The van der Waals surface area contributed by atoms with Gasteiger partial charge in [0.25, 0.3) is 0 Å². The number of hydrogen-bond donors (Lipinski definition) is 1. The van der Waals surface area contributed by atoms with Crippen molar-refractivity contribution >= 4 is 11.0 Å². The van der Waals surface area contributed by atoms with E-state index >= 15 is 0 Å². The number of nitrogens with zero attached hydrogens (tertiary/aromatic N) is 2. The van der Waals surface area contributed by atoms with E-state index in [1.807, 2.05) is 42.1 Å². The van der Waals surface area contributed by atoms with E-state index in [1.54, 1.807) is 0 Å². The number of rotatable bonds is 4. The summed E-state index contributed by atoms with van der Waals surface area (Å²) >= 11 is 0. The lowest BCUT2D eigenvalue weighted by atomic mass is 10.1. The van der Waals surface area contributed by atoms with Crippen molar-refractivity contribution in [1.82, 2.24) is 9.78 Å². The first-order valence-electron chi connectivity index (χ1n) is 7.25. The number of fused-ring (bicyclic) bond motifs is 1. The van der Waals surface area contributed by atoms with Crippen LogP contribution in [0.1, 0.15) is 43.0 Å². The molecule has 1 unspecified atom stereocenters. The van der Waals surface area contributed by atoms with Crippen LogP contribution in [0.3, 0.4) is 0 Å². The second-order valence-electron chi connectivity index (χ2n) is 5.79. The van der Waals surface area contributed by atoms with E-state index in [9.17, 15) is 5.11 Å². The van der Waals surface area contributed by atoms with Crippen LogP contribution in [-0.2, 0) is 6.42 Å². The van der Waals surface area contributed by atoms with Gasteiger partial charge in [0.15, 0.2) is 0 Å². The molecule has 3 rings (SSSR count). The second-order valence-corrected chi connectivity index (χ2v) is 5.79. The van der Waals surface area contributed by atoms with Crippen molar-refractivity contribution in [3.63, 3.8) is 0 Å². The first-order chi connectivity index (χ1) is 10.0. The minimum absolute atomic E-state index is 0.324. The van der Waals surface area contributed by atoms with Gasteiger partial charge in [0, 0.05) is 24.0 Å². The third-order valence-corrected chi connectivity index (χ3v) is 3.61. The molecule has 0 bridgehead atoms. The summed E-state index contributed by atoms with van der Waals surface area (Å²) in [6, 6.07) is 10.2. The Morgan fingerprint density at radius 1 is 1.24 bits per heavy atom. The third-order valence-electron chi connectivity index (χ3n) is 3.61. The number of hydrogen-bond acceptors (Lipinski definition) is 3. The Labute approximate surface area is 124 Å². The molecule has 21 heavy (non-hydrogen) atoms. The normalized spacial score (nSPS) is 13.2. The molecule has 0 saturated heterocycles. The van der Waals surface area contributed by atoms with Gasteiger partial charge in [-0.05, 0) is 45.0 Å². The monoisotopic (exact) mass is 284 g/mol. The van der Waals surface area contributed by atoms with Crippen molar-refractivity contribution in [1.29, 1.82) is 0 Å². The van der Waals surface area contributed by atoms with E-state index in [-0.39, 0.29) is 0 Å². The Bertz CT molecular complexity index is 755. The fourth-order valence-electron chi connectivity index (χ4n) is 2.42. The summed E-state index contributed by atoms with van der Waals surface area (Å²) in [5.74, 6) is 0.592. The van der Waals surface area contributed by atoms with Crippen LogP contribution in [0.15, 0.2) is 40.9 Å². The number of aliphatic hydroxyl groups excluding tert-OH is 1. The van der Waals surface area contributed by atoms with Gasteiger partial charge in [0.1, 0.15) is 17.4 Å². The average molecular weight is 284 g/mol. The zero-order valence-corrected chi connectivity index (χ0v) is 12.6. The molecule has 110 valence electrons. The van der Waals surface area contributed by atoms with Crippen molar-refractivity contribution in [3.05, 3.63) is 53.5 Å². The lowest BCUT2D eigenvalue weighted by Crippen LogP contribution is -2.04. The molecule has 1 atom stereocenters. The molecule has 0 radical (unpaired) electrons. The molecule has 0 fully saturated rings. The van der Waals surface area contributed by atoms with Gasteiger partial charge in [-0.2, -0.15) is 5.10 Å². The zero-order valence-electron chi connectivity index (χ0n) is 12.6. The van der Waals surface area contributed by atoms with Crippen LogP contribution < -0.4 is 0 Å². The number of furan rings is 1. The highest BCUT2D eigenvalue weighted by Gasteiger charge is 2.16. The van der Waals surface area contributed by atoms with E-state index in [4.69, 9.17) is 4.42 Å². The Balaban J connectivity index is 1.80. The number of aromatic nitrogens is 2. The molecule has 1 aromatic carbocycles. The highest BCUT2D eigenvalue weighted by molar-refractivity contribution is 5.78. The summed E-state index contributed by atoms with van der Waals surface area (Å²) < 4.78 is 7.62. The highest BCUT2D eigenvalue weighted by Crippen LogP contribution is 2.26. The lowest BCUT2D eigenvalue weighted by molar-refractivity contribution is 0.151. The van der Waals surface area contributed by atoms with Crippen LogP contribution >= 0.6 is 0 Å². The van der Waals surface area contributed by atoms with Gasteiger partial charge >= 0.3 is 0 Å². The van der Waals surface area contributed by atoms with Crippen molar-refractivity contribution in [2.75, 3.05) is 0 Å². The molecule has 4 heteroatoms. The maximum Gasteiger partial charge on any atom is 0.134 e. The molecule has 0 aliphatic rings. The van der Waals surface area contributed by atoms with E-state index in [0.29, 0.717) is 18.2 Å². The van der Waals surface area contributed by atoms with E-state index in [1.165, 1.54) is 5.56 Å². The minimum atomic E-state index is -0.673. The quantitative estimate of drug-likeness (QED) is 0.793. The zero-order chi connectivity index (χ0) is 15.0. The molecule has 2 aromatic heterocycles. The van der Waals surface area contributed by atoms with Crippen molar-refractivity contribution in [2.24, 2.45) is 0 Å². The van der Waals surface area contributed by atoms with Crippen LogP contribution in [-0.4, -0.2) is 14.9 Å². The molecule has 2 heterocycles. The predicted molar refractivity (Wildman–Crippen MR) is 82.2 cm³/mol. The number of aryl methyl sites for hydroxylation is 1. The molecule has 0 amide bonds. The topological polar surface area (TPSA) is 51.2 Å². The second kappa shape index (κ2) is 5.37. The number of aliphatic hydroxyl groups is 1. The first kappa shape index (κ1) is 13.9. The molecule has 0 aliphatic heterocycles. The third kappa shape index (κ3) is 2.85. The van der Waals surface area contributed by atoms with Gasteiger partial charge in [0.05, 0.1) is 5.69 Å². The van der Waals surface area contributed by atoms with Crippen LogP contribution in [0.4, 0.5) is 0 Å². The highest BCUT2D eigenvalue weighted by atomic mass is 16.4. The van der Waals surface area contributed by atoms with Crippen molar-refractivity contribution in [2.45, 2.75) is 39.3 Å². The molecule has 4 nitrogen and oxygen atoms in total. The van der Waals surface area contributed by atoms with Crippen LogP contribution in [0, 0.1) is 6.92 Å². The summed E-state index contributed by atoms with van der Waals surface area (Å²) in [4.78, 5) is 0. The summed E-state index contributed by atoms with van der Waals surface area (Å²) in [6.07, 6.45) is 1.72. The molecular formula is C17H20N2O2. The van der Waals surface area contributed by atoms with Crippen LogP contribution in [0.5, 0.6) is 0 Å². The van der Waals surface area contributed by atoms with Gasteiger partial charge in [-0.25, -0.2) is 0 Å². The standard InChI is InChI=1S/C17H20N2O2/c1-11(2)19-7-6-14(18-19)10-15(20)17-9-13-8-12(3)4-5-16(13)21-17/h4-9,11,15,20H,10H2,1-3H3. The summed E-state index contributed by atoms with van der Waals surface area (Å²) in [5, 5.41) is 15.8. The summed E-state index contributed by atoms with van der Waals surface area (Å²) in [5.41, 5.74) is 2.86. The average Bonchev–Trinajstić information content (AvgIpc) is 3.04. The van der Waals surface area contributed by atoms with Crippen molar-refractivity contribution in [3.8, 4) is 0 Å². The molecule has 1 N–H and O–H groups in total. The van der Waals surface area contributed by atoms with Gasteiger partial charge in [0.2, 0.25) is 0 Å². The largest absolute Gasteiger partial charge is 0.458 e. The minimum Gasteiger partial charge on any atom is -0.458 e. The number of benzene rings is 1. The maximum atomic E-state index is 10.3. The smallest absolute Gasteiger partial charge is 0.134 e. The van der Waals surface area contributed by atoms with Crippen LogP contribution in [0.25, 0.3) is 11.0 Å². The Kier molecular flexibility index (Phi) is 3.55. The first-order valence-corrected chi connectivity index (χ1v) is 7.25. The van der Waals surface area contributed by atoms with Gasteiger partial charge in [-0.1, -0.05) is 11.6 Å². The molecule has 0 aliphatic carbocycles. The Morgan fingerprint density at radius 2 is 2.05 bits per heavy atom. The van der Waals surface area contributed by atoms with Crippen molar-refractivity contribution < 1.29 is 9.52 Å².